The number of anilines is 1. The number of nitrogens with one attached hydrogen (secondary N) is 1. The number of carbonyl (C=O) groups is 2. The molecule has 0 heterocycles. The monoisotopic (exact) mass is 351 g/mol. The van der Waals surface area contributed by atoms with Crippen molar-refractivity contribution in [2.24, 2.45) is 0 Å². The van der Waals surface area contributed by atoms with Crippen LogP contribution in [0.1, 0.15) is 18.9 Å². The molecule has 0 unspecified atom stereocenters. The van der Waals surface area contributed by atoms with Gasteiger partial charge in [-0.05, 0) is 30.7 Å². The fraction of sp³-hybridized carbons (Fsp3) is 0.176. The van der Waals surface area contributed by atoms with E-state index >= 15 is 0 Å². The number of aliphatic carboxylic acids is 1. The van der Waals surface area contributed by atoms with Gasteiger partial charge in [0.05, 0.1) is 16.1 Å². The molecule has 0 fully saturated rings. The van der Waals surface area contributed by atoms with Crippen LogP contribution in [0.25, 0.3) is 0 Å². The molecule has 0 aliphatic rings. The third-order valence-electron chi connectivity index (χ3n) is 3.60. The summed E-state index contributed by atoms with van der Waals surface area (Å²) >= 11 is 11.8. The molecule has 120 valence electrons. The minimum atomic E-state index is -1.33. The Balaban J connectivity index is 2.20. The topological polar surface area (TPSA) is 66.4 Å². The van der Waals surface area contributed by atoms with Crippen LogP contribution in [0.3, 0.4) is 0 Å². The number of benzene rings is 2. The van der Waals surface area contributed by atoms with E-state index in [-0.39, 0.29) is 6.42 Å². The van der Waals surface area contributed by atoms with Gasteiger partial charge >= 0.3 is 5.97 Å². The maximum absolute atomic E-state index is 12.3. The van der Waals surface area contributed by atoms with Crippen molar-refractivity contribution in [2.75, 3.05) is 5.32 Å². The summed E-state index contributed by atoms with van der Waals surface area (Å²) < 4.78 is 0. The fourth-order valence-corrected chi connectivity index (χ4v) is 2.67. The summed E-state index contributed by atoms with van der Waals surface area (Å²) in [5, 5.41) is 12.9. The molecule has 2 aromatic rings. The second-order valence-electron chi connectivity index (χ2n) is 5.35. The van der Waals surface area contributed by atoms with E-state index in [2.05, 4.69) is 5.32 Å². The quantitative estimate of drug-likeness (QED) is 0.840. The van der Waals surface area contributed by atoms with Crippen molar-refractivity contribution >= 4 is 40.8 Å². The van der Waals surface area contributed by atoms with Gasteiger partial charge in [0.15, 0.2) is 0 Å². The van der Waals surface area contributed by atoms with Crippen molar-refractivity contribution < 1.29 is 14.7 Å². The molecular formula is C17H15Cl2NO3. The maximum atomic E-state index is 12.3. The van der Waals surface area contributed by atoms with Crippen LogP contribution < -0.4 is 5.32 Å². The van der Waals surface area contributed by atoms with Gasteiger partial charge in [0, 0.05) is 11.4 Å². The van der Waals surface area contributed by atoms with Crippen LogP contribution in [0.5, 0.6) is 0 Å². The molecule has 0 aromatic heterocycles. The van der Waals surface area contributed by atoms with Crippen LogP contribution in [0, 0.1) is 0 Å². The van der Waals surface area contributed by atoms with E-state index in [4.69, 9.17) is 23.2 Å². The third-order valence-corrected chi connectivity index (χ3v) is 4.15. The first-order chi connectivity index (χ1) is 10.8. The average molecular weight is 352 g/mol. The smallest absolute Gasteiger partial charge is 0.314 e. The van der Waals surface area contributed by atoms with Gasteiger partial charge in [0.2, 0.25) is 5.91 Å². The van der Waals surface area contributed by atoms with Crippen molar-refractivity contribution in [1.82, 2.24) is 0 Å². The van der Waals surface area contributed by atoms with Crippen LogP contribution in [-0.2, 0) is 15.0 Å². The highest BCUT2D eigenvalue weighted by Gasteiger charge is 2.37. The lowest BCUT2D eigenvalue weighted by Gasteiger charge is -2.24. The number of halogens is 2. The van der Waals surface area contributed by atoms with E-state index in [0.717, 1.165) is 0 Å². The summed E-state index contributed by atoms with van der Waals surface area (Å²) in [7, 11) is 0. The lowest BCUT2D eigenvalue weighted by Crippen LogP contribution is -2.36. The summed E-state index contributed by atoms with van der Waals surface area (Å²) in [6.07, 6.45) is -0.217. The van der Waals surface area contributed by atoms with Crippen LogP contribution in [0.2, 0.25) is 10.0 Å². The number of amides is 1. The number of hydrogen-bond donors (Lipinski definition) is 2. The fourth-order valence-electron chi connectivity index (χ4n) is 2.21. The second kappa shape index (κ2) is 7.02. The SMILES string of the molecule is C[C@@](CC(=O)Nc1ccc(Cl)cc1Cl)(C(=O)O)c1ccccc1. The second-order valence-corrected chi connectivity index (χ2v) is 6.20. The Morgan fingerprint density at radius 2 is 1.78 bits per heavy atom. The Morgan fingerprint density at radius 1 is 1.13 bits per heavy atom. The molecule has 6 heteroatoms. The summed E-state index contributed by atoms with van der Waals surface area (Å²) in [4.78, 5) is 24.0. The zero-order valence-corrected chi connectivity index (χ0v) is 13.9. The molecule has 1 amide bonds. The zero-order chi connectivity index (χ0) is 17.0. The molecule has 4 nitrogen and oxygen atoms in total. The van der Waals surface area contributed by atoms with Crippen molar-refractivity contribution in [3.8, 4) is 0 Å². The highest BCUT2D eigenvalue weighted by atomic mass is 35.5. The van der Waals surface area contributed by atoms with Crippen LogP contribution in [-0.4, -0.2) is 17.0 Å². The normalized spacial score (nSPS) is 13.2. The Morgan fingerprint density at radius 3 is 2.35 bits per heavy atom. The van der Waals surface area contributed by atoms with E-state index in [1.165, 1.54) is 13.0 Å². The van der Waals surface area contributed by atoms with Gasteiger partial charge in [-0.15, -0.1) is 0 Å². The number of carboxylic acids is 1. The van der Waals surface area contributed by atoms with Gasteiger partial charge in [0.25, 0.3) is 0 Å². The lowest BCUT2D eigenvalue weighted by molar-refractivity contribution is -0.145. The minimum Gasteiger partial charge on any atom is -0.481 e. The number of carbonyl (C=O) groups excluding carboxylic acids is 1. The van der Waals surface area contributed by atoms with Crippen molar-refractivity contribution in [3.05, 3.63) is 64.1 Å². The molecule has 0 spiro atoms. The van der Waals surface area contributed by atoms with Crippen LogP contribution >= 0.6 is 23.2 Å². The highest BCUT2D eigenvalue weighted by molar-refractivity contribution is 6.36. The van der Waals surface area contributed by atoms with Gasteiger partial charge in [-0.2, -0.15) is 0 Å². The molecule has 1 atom stereocenters. The van der Waals surface area contributed by atoms with Gasteiger partial charge in [-0.1, -0.05) is 53.5 Å². The molecule has 2 rings (SSSR count). The number of rotatable bonds is 5. The maximum Gasteiger partial charge on any atom is 0.314 e. The molecule has 2 aromatic carbocycles. The van der Waals surface area contributed by atoms with Gasteiger partial charge in [-0.3, -0.25) is 9.59 Å². The van der Waals surface area contributed by atoms with E-state index in [9.17, 15) is 14.7 Å². The first kappa shape index (κ1) is 17.3. The molecule has 0 saturated carbocycles. The molecule has 0 aliphatic carbocycles. The Bertz CT molecular complexity index is 734. The van der Waals surface area contributed by atoms with Crippen LogP contribution in [0.4, 0.5) is 5.69 Å². The summed E-state index contributed by atoms with van der Waals surface area (Å²) in [5.74, 6) is -1.51. The predicted molar refractivity (Wildman–Crippen MR) is 91.1 cm³/mol. The predicted octanol–water partition coefficient (Wildman–Crippen LogP) is 4.36. The Hall–Kier alpha value is -2.04. The highest BCUT2D eigenvalue weighted by Crippen LogP contribution is 2.30. The van der Waals surface area contributed by atoms with Crippen molar-refractivity contribution in [1.29, 1.82) is 0 Å². The molecule has 0 saturated heterocycles. The number of carboxylic acid groups (broad SMARTS) is 1. The van der Waals surface area contributed by atoms with Crippen molar-refractivity contribution in [3.63, 3.8) is 0 Å². The Kier molecular flexibility index (Phi) is 5.29. The molecule has 23 heavy (non-hydrogen) atoms. The van der Waals surface area contributed by atoms with Crippen LogP contribution in [0.15, 0.2) is 48.5 Å². The minimum absolute atomic E-state index is 0.217. The first-order valence-corrected chi connectivity index (χ1v) is 7.62. The summed E-state index contributed by atoms with van der Waals surface area (Å²) in [6, 6.07) is 13.3. The number of hydrogen-bond acceptors (Lipinski definition) is 2. The van der Waals surface area contributed by atoms with Gasteiger partial charge < -0.3 is 10.4 Å². The van der Waals surface area contributed by atoms with E-state index in [1.54, 1.807) is 42.5 Å². The first-order valence-electron chi connectivity index (χ1n) is 6.87. The zero-order valence-electron chi connectivity index (χ0n) is 12.3. The largest absolute Gasteiger partial charge is 0.481 e. The van der Waals surface area contributed by atoms with E-state index in [1.807, 2.05) is 0 Å². The summed E-state index contributed by atoms with van der Waals surface area (Å²) in [6.45, 7) is 1.52. The molecule has 0 bridgehead atoms. The third kappa shape index (κ3) is 4.03. The standard InChI is InChI=1S/C17H15Cl2NO3/c1-17(16(22)23,11-5-3-2-4-6-11)10-15(21)20-14-8-7-12(18)9-13(14)19/h2-9H,10H2,1H3,(H,20,21)(H,22,23)/t17-/m0/s1. The average Bonchev–Trinajstić information content (AvgIpc) is 2.50. The molecule has 0 radical (unpaired) electrons. The van der Waals surface area contributed by atoms with E-state index < -0.39 is 17.3 Å². The molecule has 0 aliphatic heterocycles. The summed E-state index contributed by atoms with van der Waals surface area (Å²) in [5.41, 5.74) is -0.378. The van der Waals surface area contributed by atoms with Gasteiger partial charge in [-0.25, -0.2) is 0 Å². The van der Waals surface area contributed by atoms with Gasteiger partial charge in [0.1, 0.15) is 0 Å². The van der Waals surface area contributed by atoms with Crippen molar-refractivity contribution in [2.45, 2.75) is 18.8 Å². The molecule has 2 N–H and O–H groups in total. The van der Waals surface area contributed by atoms with E-state index in [0.29, 0.717) is 21.3 Å². The Labute approximate surface area is 144 Å². The lowest BCUT2D eigenvalue weighted by atomic mass is 9.79. The molecular weight excluding hydrogens is 337 g/mol.